The van der Waals surface area contributed by atoms with Crippen LogP contribution >= 0.6 is 7.75 Å². The van der Waals surface area contributed by atoms with Crippen LogP contribution in [0.5, 0.6) is 0 Å². The van der Waals surface area contributed by atoms with Crippen molar-refractivity contribution in [3.63, 3.8) is 0 Å². The summed E-state index contributed by atoms with van der Waals surface area (Å²) in [6.45, 7) is 3.37. The Hall–Kier alpha value is -0.420. The Labute approximate surface area is 70.5 Å². The summed E-state index contributed by atoms with van der Waals surface area (Å²) in [5.74, 6) is -1.12. The summed E-state index contributed by atoms with van der Waals surface area (Å²) in [5, 5.41) is 0. The fourth-order valence-corrected chi connectivity index (χ4v) is 0.841. The molecule has 0 aliphatic rings. The van der Waals surface area contributed by atoms with Crippen molar-refractivity contribution in [1.29, 1.82) is 0 Å². The van der Waals surface area contributed by atoms with Crippen molar-refractivity contribution in [2.75, 3.05) is 0 Å². The van der Waals surface area contributed by atoms with Gasteiger partial charge >= 0.3 is 13.7 Å². The molecule has 0 spiro atoms. The fraction of sp³-hybridized carbons (Fsp3) is 0.800. The Morgan fingerprint density at radius 3 is 2.25 bits per heavy atom. The number of rotatable bonds is 3. The maximum Gasteiger partial charge on any atom is 0.455 e. The molecule has 12 heavy (non-hydrogen) atoms. The Balaban J connectivity index is 4.15. The zero-order chi connectivity index (χ0) is 9.94. The first kappa shape index (κ1) is 11.6. The second kappa shape index (κ2) is 4.00. The van der Waals surface area contributed by atoms with Gasteiger partial charge in [-0.2, -0.15) is 0 Å². The summed E-state index contributed by atoms with van der Waals surface area (Å²) in [6, 6.07) is -0.922. The first-order valence-corrected chi connectivity index (χ1v) is 4.99. The highest BCUT2D eigenvalue weighted by molar-refractivity contribution is 7.50. The molecule has 7 heteroatoms. The van der Waals surface area contributed by atoms with Crippen molar-refractivity contribution in [2.45, 2.75) is 19.9 Å². The van der Waals surface area contributed by atoms with Gasteiger partial charge in [0.15, 0.2) is 0 Å². The van der Waals surface area contributed by atoms with Crippen molar-refractivity contribution in [1.82, 2.24) is 0 Å². The zero-order valence-corrected chi connectivity index (χ0v) is 7.82. The van der Waals surface area contributed by atoms with Crippen LogP contribution in [0.25, 0.3) is 0 Å². The molecule has 0 aliphatic heterocycles. The number of hydrogen-bond donors (Lipinski definition) is 3. The third kappa shape index (κ3) is 4.46. The molecule has 0 rings (SSSR count). The van der Waals surface area contributed by atoms with E-state index in [0.717, 1.165) is 0 Å². The second-order valence-corrected chi connectivity index (χ2v) is 4.06. The van der Waals surface area contributed by atoms with Crippen LogP contribution in [0.4, 0.5) is 0 Å². The van der Waals surface area contributed by atoms with E-state index in [0.29, 0.717) is 0 Å². The molecule has 0 amide bonds. The minimum Gasteiger partial charge on any atom is -0.379 e. The molecule has 0 fully saturated rings. The topological polar surface area (TPSA) is 116 Å². The maximum absolute atomic E-state index is 10.8. The van der Waals surface area contributed by atoms with Crippen LogP contribution in [0.15, 0.2) is 0 Å². The quantitative estimate of drug-likeness (QED) is 0.527. The van der Waals surface area contributed by atoms with Crippen molar-refractivity contribution in [3.05, 3.63) is 0 Å². The lowest BCUT2D eigenvalue weighted by molar-refractivity contribution is -0.137. The molecule has 0 aromatic carbocycles. The van der Waals surface area contributed by atoms with Crippen molar-refractivity contribution in [2.24, 2.45) is 17.2 Å². The number of carbonyl (C=O) groups excluding carboxylic acids is 1. The predicted molar refractivity (Wildman–Crippen MR) is 42.9 cm³/mol. The highest BCUT2D eigenvalue weighted by Crippen LogP contribution is 2.31. The molecule has 5 N–H and O–H groups in total. The summed E-state index contributed by atoms with van der Waals surface area (Å²) in [4.78, 5) is 19.3. The molecule has 0 bridgehead atoms. The zero-order valence-electron chi connectivity index (χ0n) is 6.93. The molecule has 6 nitrogen and oxygen atoms in total. The average molecular weight is 196 g/mol. The van der Waals surface area contributed by atoms with E-state index in [-0.39, 0.29) is 5.92 Å². The SMILES string of the molecule is CC(C)[C@@H](N)C(=O)OP(N)(=O)O. The molecule has 0 radical (unpaired) electrons. The van der Waals surface area contributed by atoms with E-state index in [4.69, 9.17) is 10.6 Å². The van der Waals surface area contributed by atoms with Crippen LogP contribution in [0, 0.1) is 5.92 Å². The minimum absolute atomic E-state index is 0.163. The number of hydrogen-bond acceptors (Lipinski definition) is 4. The van der Waals surface area contributed by atoms with E-state index >= 15 is 0 Å². The molecule has 0 aromatic heterocycles. The minimum atomic E-state index is -4.24. The van der Waals surface area contributed by atoms with Gasteiger partial charge in [0.05, 0.1) is 0 Å². The normalized spacial score (nSPS) is 18.5. The monoisotopic (exact) mass is 196 g/mol. The van der Waals surface area contributed by atoms with E-state index in [9.17, 15) is 9.36 Å². The molecular formula is C5H13N2O4P. The third-order valence-electron chi connectivity index (χ3n) is 1.21. The summed E-state index contributed by atoms with van der Waals surface area (Å²) in [7, 11) is -4.24. The molecule has 1 unspecified atom stereocenters. The van der Waals surface area contributed by atoms with Gasteiger partial charge in [-0.3, -0.25) is 0 Å². The van der Waals surface area contributed by atoms with Gasteiger partial charge in [-0.1, -0.05) is 13.8 Å². The highest BCUT2D eigenvalue weighted by Gasteiger charge is 2.25. The molecule has 0 aromatic rings. The summed E-state index contributed by atoms with van der Waals surface area (Å²) < 4.78 is 14.4. The molecule has 0 saturated heterocycles. The fourth-order valence-electron chi connectivity index (χ4n) is 0.462. The molecule has 0 saturated carbocycles. The van der Waals surface area contributed by atoms with Crippen LogP contribution in [0.1, 0.15) is 13.8 Å². The Kier molecular flexibility index (Phi) is 3.86. The van der Waals surface area contributed by atoms with E-state index < -0.39 is 19.8 Å². The molecule has 0 aliphatic carbocycles. The van der Waals surface area contributed by atoms with Gasteiger partial charge in [-0.15, -0.1) is 0 Å². The molecule has 2 atom stereocenters. The lowest BCUT2D eigenvalue weighted by atomic mass is 10.1. The van der Waals surface area contributed by atoms with E-state index in [1.54, 1.807) is 13.8 Å². The molecule has 0 heterocycles. The van der Waals surface area contributed by atoms with Gasteiger partial charge in [0.1, 0.15) is 6.04 Å². The first-order valence-electron chi connectivity index (χ1n) is 3.34. The summed E-state index contributed by atoms with van der Waals surface area (Å²) >= 11 is 0. The molecule has 72 valence electrons. The van der Waals surface area contributed by atoms with Crippen LogP contribution in [-0.2, 0) is 13.9 Å². The van der Waals surface area contributed by atoms with E-state index in [1.165, 1.54) is 0 Å². The van der Waals surface area contributed by atoms with Crippen LogP contribution in [0.2, 0.25) is 0 Å². The van der Waals surface area contributed by atoms with Gasteiger partial charge in [0.25, 0.3) is 0 Å². The van der Waals surface area contributed by atoms with Crippen molar-refractivity contribution >= 4 is 13.7 Å². The van der Waals surface area contributed by atoms with Crippen LogP contribution in [0.3, 0.4) is 0 Å². The summed E-state index contributed by atoms with van der Waals surface area (Å²) in [6.07, 6.45) is 0. The predicted octanol–water partition coefficient (Wildman–Crippen LogP) is -0.428. The van der Waals surface area contributed by atoms with Gasteiger partial charge in [0.2, 0.25) is 0 Å². The van der Waals surface area contributed by atoms with Crippen LogP contribution in [-0.4, -0.2) is 16.9 Å². The smallest absolute Gasteiger partial charge is 0.379 e. The van der Waals surface area contributed by atoms with Gasteiger partial charge in [-0.05, 0) is 5.92 Å². The number of carbonyl (C=O) groups is 1. The van der Waals surface area contributed by atoms with Gasteiger partial charge in [-0.25, -0.2) is 14.9 Å². The van der Waals surface area contributed by atoms with Crippen molar-refractivity contribution < 1.29 is 18.8 Å². The third-order valence-corrected chi connectivity index (χ3v) is 1.65. The summed E-state index contributed by atoms with van der Waals surface area (Å²) in [5.41, 5.74) is 9.89. The van der Waals surface area contributed by atoms with Crippen LogP contribution < -0.4 is 11.2 Å². The largest absolute Gasteiger partial charge is 0.455 e. The standard InChI is InChI=1S/C5H13N2O4P/c1-3(2)4(6)5(8)11-12(7,9)10/h3-4H,6H2,1-2H3,(H3,7,9,10)/t4-/m1/s1. The Morgan fingerprint density at radius 1 is 1.58 bits per heavy atom. The Bertz CT molecular complexity index is 211. The van der Waals surface area contributed by atoms with Crippen molar-refractivity contribution in [3.8, 4) is 0 Å². The lowest BCUT2D eigenvalue weighted by Crippen LogP contribution is -2.36. The lowest BCUT2D eigenvalue weighted by Gasteiger charge is -2.14. The van der Waals surface area contributed by atoms with E-state index in [1.807, 2.05) is 0 Å². The highest BCUT2D eigenvalue weighted by atomic mass is 31.2. The van der Waals surface area contributed by atoms with Gasteiger partial charge < -0.3 is 15.2 Å². The number of nitrogens with two attached hydrogens (primary N) is 2. The average Bonchev–Trinajstić information content (AvgIpc) is 1.82. The van der Waals surface area contributed by atoms with Gasteiger partial charge in [0, 0.05) is 0 Å². The second-order valence-electron chi connectivity index (χ2n) is 2.74. The van der Waals surface area contributed by atoms with E-state index in [2.05, 4.69) is 10.0 Å². The first-order chi connectivity index (χ1) is 5.24. The molecular weight excluding hydrogens is 183 g/mol. The Morgan fingerprint density at radius 2 is 2.00 bits per heavy atom. The maximum atomic E-state index is 10.8.